The molecule has 2 unspecified atom stereocenters. The average molecular weight is 729 g/mol. The first-order valence-corrected chi connectivity index (χ1v) is 23.2. The third-order valence-corrected chi connectivity index (χ3v) is 13.0. The Morgan fingerprint density at radius 1 is 0.620 bits per heavy atom. The quantitative estimate of drug-likeness (QED) is 0.120. The van der Waals surface area contributed by atoms with E-state index in [2.05, 4.69) is 93.5 Å². The molecule has 0 saturated carbocycles. The van der Waals surface area contributed by atoms with Crippen molar-refractivity contribution >= 4 is 26.7 Å². The third kappa shape index (κ3) is 14.3. The Bertz CT molecular complexity index is 1280. The van der Waals surface area contributed by atoms with Gasteiger partial charge in [-0.25, -0.2) is 0 Å². The van der Waals surface area contributed by atoms with E-state index in [0.29, 0.717) is 22.5 Å². The maximum Gasteiger partial charge on any atom is 0.229 e. The summed E-state index contributed by atoms with van der Waals surface area (Å²) in [4.78, 5) is 29.4. The summed E-state index contributed by atoms with van der Waals surface area (Å²) in [5.74, 6) is 0.596. The Hall–Kier alpha value is -1.76. The van der Waals surface area contributed by atoms with Crippen LogP contribution in [0.15, 0.2) is 24.3 Å². The van der Waals surface area contributed by atoms with Crippen LogP contribution in [0.1, 0.15) is 182 Å². The molecule has 0 fully saturated rings. The number of aryl methyl sites for hydroxylation is 6. The van der Waals surface area contributed by atoms with Crippen LogP contribution in [0.4, 0.5) is 0 Å². The van der Waals surface area contributed by atoms with Gasteiger partial charge in [-0.15, -0.1) is 0 Å². The lowest BCUT2D eigenvalue weighted by Crippen LogP contribution is -2.21. The molecule has 2 aromatic rings. The van der Waals surface area contributed by atoms with Crippen molar-refractivity contribution in [2.24, 2.45) is 17.3 Å². The van der Waals surface area contributed by atoms with Crippen LogP contribution in [0.2, 0.25) is 0 Å². The summed E-state index contributed by atoms with van der Waals surface area (Å²) in [5.41, 5.74) is 7.12. The van der Waals surface area contributed by atoms with Crippen molar-refractivity contribution in [1.82, 2.24) is 0 Å². The van der Waals surface area contributed by atoms with Gasteiger partial charge in [0.15, 0.2) is 0 Å². The molecule has 0 bridgehead atoms. The van der Waals surface area contributed by atoms with Gasteiger partial charge >= 0.3 is 0 Å². The van der Waals surface area contributed by atoms with Gasteiger partial charge in [0.2, 0.25) is 18.2 Å². The molecule has 4 nitrogen and oxygen atoms in total. The van der Waals surface area contributed by atoms with Crippen molar-refractivity contribution in [3.8, 4) is 0 Å². The van der Waals surface area contributed by atoms with Crippen LogP contribution in [0.3, 0.4) is 0 Å². The molecular formula is C44H74O4P2. The van der Waals surface area contributed by atoms with Gasteiger partial charge in [0.05, 0.1) is 8.46 Å². The van der Waals surface area contributed by atoms with Gasteiger partial charge in [-0.3, -0.25) is 9.59 Å². The minimum absolute atomic E-state index is 0.0361. The Labute approximate surface area is 309 Å². The second-order valence-corrected chi connectivity index (χ2v) is 19.7. The highest BCUT2D eigenvalue weighted by Crippen LogP contribution is 2.55. The van der Waals surface area contributed by atoms with Gasteiger partial charge < -0.3 is 9.13 Å². The number of rotatable bonds is 21. The third-order valence-electron chi connectivity index (χ3n) is 9.04. The van der Waals surface area contributed by atoms with Gasteiger partial charge in [0.25, 0.3) is 0 Å². The lowest BCUT2D eigenvalue weighted by molar-refractivity contribution is 0.103. The van der Waals surface area contributed by atoms with E-state index in [-0.39, 0.29) is 12.1 Å². The van der Waals surface area contributed by atoms with E-state index in [4.69, 9.17) is 0 Å². The number of hydrogen-bond donors (Lipinski definition) is 0. The Morgan fingerprint density at radius 3 is 1.18 bits per heavy atom. The molecule has 0 spiro atoms. The molecular weight excluding hydrogens is 654 g/mol. The van der Waals surface area contributed by atoms with Crippen LogP contribution < -0.4 is 0 Å². The van der Waals surface area contributed by atoms with Crippen molar-refractivity contribution < 1.29 is 18.7 Å². The maximum absolute atomic E-state index is 15.2. The molecule has 284 valence electrons. The van der Waals surface area contributed by atoms with E-state index in [0.717, 1.165) is 105 Å². The molecule has 2 atom stereocenters. The topological polar surface area (TPSA) is 68.3 Å². The monoisotopic (exact) mass is 729 g/mol. The highest BCUT2D eigenvalue weighted by Gasteiger charge is 2.44. The molecule has 0 radical (unpaired) electrons. The fourth-order valence-corrected chi connectivity index (χ4v) is 10.7. The van der Waals surface area contributed by atoms with E-state index in [1.807, 2.05) is 13.8 Å². The first-order valence-electron chi connectivity index (χ1n) is 20.0. The Balaban J connectivity index is 0.00000108. The molecule has 0 aromatic heterocycles. The average Bonchev–Trinajstić information content (AvgIpc) is 3.01. The lowest BCUT2D eigenvalue weighted by atomic mass is 9.86. The van der Waals surface area contributed by atoms with Crippen molar-refractivity contribution in [3.05, 3.63) is 68.8 Å². The highest BCUT2D eigenvalue weighted by atomic mass is 31.2. The largest absolute Gasteiger partial charge is 0.330 e. The first kappa shape index (κ1) is 46.3. The van der Waals surface area contributed by atoms with Crippen LogP contribution in [0.25, 0.3) is 0 Å². The summed E-state index contributed by atoms with van der Waals surface area (Å²) in [5, 5.41) is 0. The smallest absolute Gasteiger partial charge is 0.229 e. The summed E-state index contributed by atoms with van der Waals surface area (Å²) in [6.07, 6.45) is 12.8. The molecule has 0 N–H and O–H groups in total. The first-order chi connectivity index (χ1) is 23.6. The van der Waals surface area contributed by atoms with E-state index in [1.165, 1.54) is 17.5 Å². The fraction of sp³-hybridized carbons (Fsp3) is 0.682. The Kier molecular flexibility index (Phi) is 21.3. The van der Waals surface area contributed by atoms with Gasteiger partial charge in [0.1, 0.15) is 0 Å². The normalized spacial score (nSPS) is 12.7. The SMILES string of the molecule is CC(C[PH2]=O)CC(C)(C)C.CCCc1cc(CCC)c(C(=O)P(=O)(CC(C)C)C(=O)c2c(CCC)cc(CCC)cc2CCC)c(CCC)c1. The zero-order valence-corrected chi connectivity index (χ0v) is 36.3. The zero-order valence-electron chi connectivity index (χ0n) is 34.2. The van der Waals surface area contributed by atoms with Crippen LogP contribution >= 0.6 is 15.6 Å². The number of carbonyl (C=O) groups is 2. The van der Waals surface area contributed by atoms with Crippen LogP contribution in [-0.2, 0) is 47.7 Å². The van der Waals surface area contributed by atoms with E-state index in [9.17, 15) is 14.2 Å². The number of benzene rings is 2. The van der Waals surface area contributed by atoms with Crippen LogP contribution in [-0.4, -0.2) is 23.4 Å². The number of hydrogen-bond acceptors (Lipinski definition) is 4. The maximum atomic E-state index is 15.2. The second kappa shape index (κ2) is 23.0. The summed E-state index contributed by atoms with van der Waals surface area (Å²) in [6, 6.07) is 8.59. The van der Waals surface area contributed by atoms with Crippen molar-refractivity contribution in [2.75, 3.05) is 12.3 Å². The van der Waals surface area contributed by atoms with Crippen molar-refractivity contribution in [1.29, 1.82) is 0 Å². The molecule has 0 aliphatic heterocycles. The summed E-state index contributed by atoms with van der Waals surface area (Å²) < 4.78 is 25.5. The number of carbonyl (C=O) groups excluding carboxylic acids is 2. The lowest BCUT2D eigenvalue weighted by Gasteiger charge is -2.25. The van der Waals surface area contributed by atoms with Crippen molar-refractivity contribution in [3.63, 3.8) is 0 Å². The predicted octanol–water partition coefficient (Wildman–Crippen LogP) is 13.2. The van der Waals surface area contributed by atoms with Crippen LogP contribution in [0, 0.1) is 17.3 Å². The van der Waals surface area contributed by atoms with Gasteiger partial charge in [-0.1, -0.05) is 146 Å². The zero-order chi connectivity index (χ0) is 38.1. The molecule has 2 aromatic carbocycles. The minimum Gasteiger partial charge on any atom is -0.330 e. The summed E-state index contributed by atoms with van der Waals surface area (Å²) in [6.45, 7) is 25.6. The van der Waals surface area contributed by atoms with Crippen molar-refractivity contribution in [2.45, 2.75) is 167 Å². The van der Waals surface area contributed by atoms with Gasteiger partial charge in [-0.2, -0.15) is 0 Å². The molecule has 2 rings (SSSR count). The molecule has 0 aliphatic rings. The summed E-state index contributed by atoms with van der Waals surface area (Å²) >= 11 is 0. The van der Waals surface area contributed by atoms with E-state index < -0.39 is 26.7 Å². The molecule has 0 amide bonds. The minimum atomic E-state index is -3.94. The fourth-order valence-electron chi connectivity index (χ4n) is 7.39. The van der Waals surface area contributed by atoms with Crippen LogP contribution in [0.5, 0.6) is 0 Å². The predicted molar refractivity (Wildman–Crippen MR) is 221 cm³/mol. The molecule has 0 aliphatic carbocycles. The van der Waals surface area contributed by atoms with Gasteiger partial charge in [-0.05, 0) is 102 Å². The highest BCUT2D eigenvalue weighted by molar-refractivity contribution is 7.95. The molecule has 0 saturated heterocycles. The molecule has 50 heavy (non-hydrogen) atoms. The standard InChI is InChI=1S/C36H55O3P.C8H19OP/c1-9-15-27-21-29(17-11-3)33(30(22-27)18-12-4)35(37)40(39,25-26(7)8)36(38)34-31(19-13-5)23-28(16-10-2)24-32(34)20-14-6;1-7(6-10-9)5-8(2,3)4/h21-24,26H,9-20,25H2,1-8H3;7H,5-6,10H2,1-4H3. The van der Waals surface area contributed by atoms with E-state index in [1.54, 1.807) is 0 Å². The van der Waals surface area contributed by atoms with Gasteiger partial charge in [0, 0.05) is 17.3 Å². The Morgan fingerprint density at radius 2 is 0.940 bits per heavy atom. The second-order valence-electron chi connectivity index (χ2n) is 16.3. The summed E-state index contributed by atoms with van der Waals surface area (Å²) in [7, 11) is -4.48. The molecule has 6 heteroatoms. The van der Waals surface area contributed by atoms with E-state index >= 15 is 4.57 Å². The molecule has 0 heterocycles.